The van der Waals surface area contributed by atoms with E-state index in [-0.39, 0.29) is 5.82 Å². The van der Waals surface area contributed by atoms with Gasteiger partial charge < -0.3 is 10.4 Å². The first-order valence-electron chi connectivity index (χ1n) is 5.31. The molecule has 2 N–H and O–H groups in total. The summed E-state index contributed by atoms with van der Waals surface area (Å²) >= 11 is 0. The molecule has 0 aliphatic heterocycles. The number of hydrogen-bond donors (Lipinski definition) is 2. The van der Waals surface area contributed by atoms with Crippen LogP contribution in [0, 0.1) is 5.82 Å². The van der Waals surface area contributed by atoms with E-state index >= 15 is 0 Å². The van der Waals surface area contributed by atoms with E-state index in [9.17, 15) is 14.3 Å². The van der Waals surface area contributed by atoms with Crippen LogP contribution in [-0.2, 0) is 4.79 Å². The Morgan fingerprint density at radius 2 is 2.00 bits per heavy atom. The van der Waals surface area contributed by atoms with Gasteiger partial charge in [-0.25, -0.2) is 9.18 Å². The molecule has 0 aliphatic carbocycles. The van der Waals surface area contributed by atoms with E-state index in [1.54, 1.807) is 18.3 Å². The zero-order valence-corrected chi connectivity index (χ0v) is 9.38. The van der Waals surface area contributed by atoms with Crippen LogP contribution in [0.4, 0.5) is 10.1 Å². The van der Waals surface area contributed by atoms with Crippen LogP contribution in [0.3, 0.4) is 0 Å². The average molecular weight is 246 g/mol. The van der Waals surface area contributed by atoms with Gasteiger partial charge in [-0.3, -0.25) is 4.98 Å². The molecule has 0 saturated heterocycles. The molecule has 2 rings (SSSR count). The summed E-state index contributed by atoms with van der Waals surface area (Å²) in [6.07, 6.45) is 3.05. The summed E-state index contributed by atoms with van der Waals surface area (Å²) in [5.74, 6) is -1.39. The van der Waals surface area contributed by atoms with Gasteiger partial charge in [-0.1, -0.05) is 6.07 Å². The van der Waals surface area contributed by atoms with Gasteiger partial charge in [0.1, 0.15) is 5.82 Å². The summed E-state index contributed by atoms with van der Waals surface area (Å²) < 4.78 is 12.8. The number of carboxylic acids is 1. The van der Waals surface area contributed by atoms with Crippen LogP contribution in [0.1, 0.15) is 11.6 Å². The smallest absolute Gasteiger partial charge is 0.330 e. The molecular formula is C13H11FN2O2. The number of hydrogen-bond acceptors (Lipinski definition) is 3. The van der Waals surface area contributed by atoms with Gasteiger partial charge in [0.15, 0.2) is 6.04 Å². The molecule has 1 aromatic heterocycles. The molecule has 0 amide bonds. The Morgan fingerprint density at radius 3 is 2.56 bits per heavy atom. The van der Waals surface area contributed by atoms with Crippen LogP contribution < -0.4 is 5.32 Å². The van der Waals surface area contributed by atoms with Gasteiger partial charge in [-0.15, -0.1) is 0 Å². The first-order valence-corrected chi connectivity index (χ1v) is 5.31. The number of anilines is 1. The number of aliphatic carboxylic acids is 1. The van der Waals surface area contributed by atoms with Gasteiger partial charge >= 0.3 is 5.97 Å². The van der Waals surface area contributed by atoms with Crippen LogP contribution in [-0.4, -0.2) is 16.1 Å². The highest BCUT2D eigenvalue weighted by atomic mass is 19.1. The summed E-state index contributed by atoms with van der Waals surface area (Å²) in [6.45, 7) is 0. The largest absolute Gasteiger partial charge is 0.479 e. The quantitative estimate of drug-likeness (QED) is 0.869. The molecule has 18 heavy (non-hydrogen) atoms. The lowest BCUT2D eigenvalue weighted by Crippen LogP contribution is -2.20. The lowest BCUT2D eigenvalue weighted by molar-refractivity contribution is -0.138. The molecule has 4 nitrogen and oxygen atoms in total. The fraction of sp³-hybridized carbons (Fsp3) is 0.0769. The van der Waals surface area contributed by atoms with Crippen LogP contribution in [0.15, 0.2) is 48.8 Å². The maximum Gasteiger partial charge on any atom is 0.330 e. The molecule has 0 radical (unpaired) electrons. The van der Waals surface area contributed by atoms with Crippen molar-refractivity contribution in [2.24, 2.45) is 0 Å². The molecule has 1 atom stereocenters. The molecule has 92 valence electrons. The molecule has 0 saturated carbocycles. The fourth-order valence-electron chi connectivity index (χ4n) is 1.55. The summed E-state index contributed by atoms with van der Waals surface area (Å²) in [4.78, 5) is 15.1. The molecule has 1 unspecified atom stereocenters. The Bertz CT molecular complexity index is 528. The van der Waals surface area contributed by atoms with Crippen molar-refractivity contribution in [1.82, 2.24) is 4.98 Å². The summed E-state index contributed by atoms with van der Waals surface area (Å²) in [6, 6.07) is 7.93. The number of halogens is 1. The maximum absolute atomic E-state index is 12.8. The third-order valence-corrected chi connectivity index (χ3v) is 2.42. The first-order chi connectivity index (χ1) is 8.66. The van der Waals surface area contributed by atoms with Crippen molar-refractivity contribution < 1.29 is 14.3 Å². The first kappa shape index (κ1) is 12.0. The van der Waals surface area contributed by atoms with Crippen LogP contribution in [0.5, 0.6) is 0 Å². The Balaban J connectivity index is 2.22. The second kappa shape index (κ2) is 5.27. The van der Waals surface area contributed by atoms with Gasteiger partial charge in [0, 0.05) is 23.6 Å². The monoisotopic (exact) mass is 246 g/mol. The number of carbonyl (C=O) groups is 1. The summed E-state index contributed by atoms with van der Waals surface area (Å²) in [7, 11) is 0. The predicted octanol–water partition coefficient (Wildman–Crippen LogP) is 2.46. The number of rotatable bonds is 4. The van der Waals surface area contributed by atoms with Crippen molar-refractivity contribution in [3.63, 3.8) is 0 Å². The summed E-state index contributed by atoms with van der Waals surface area (Å²) in [5, 5.41) is 12.0. The number of aromatic nitrogens is 1. The number of pyridine rings is 1. The molecule has 2 aromatic rings. The topological polar surface area (TPSA) is 62.2 Å². The van der Waals surface area contributed by atoms with E-state index in [0.717, 1.165) is 0 Å². The van der Waals surface area contributed by atoms with Crippen molar-refractivity contribution in [1.29, 1.82) is 0 Å². The maximum atomic E-state index is 12.8. The van der Waals surface area contributed by atoms with Crippen molar-refractivity contribution in [2.75, 3.05) is 5.32 Å². The molecule has 1 aromatic carbocycles. The second-order valence-electron chi connectivity index (χ2n) is 3.71. The Hall–Kier alpha value is -2.43. The standard InChI is InChI=1S/C13H11FN2O2/c14-10-3-5-11(6-4-10)16-12(13(17)18)9-2-1-7-15-8-9/h1-8,12,16H,(H,17,18). The van der Waals surface area contributed by atoms with Crippen molar-refractivity contribution in [3.8, 4) is 0 Å². The molecule has 1 heterocycles. The van der Waals surface area contributed by atoms with Gasteiger partial charge in [0.05, 0.1) is 0 Å². The zero-order valence-electron chi connectivity index (χ0n) is 9.38. The Kier molecular flexibility index (Phi) is 3.52. The van der Waals surface area contributed by atoms with E-state index in [4.69, 9.17) is 0 Å². The average Bonchev–Trinajstić information content (AvgIpc) is 2.38. The third kappa shape index (κ3) is 2.82. The number of carboxylic acid groups (broad SMARTS) is 1. The molecular weight excluding hydrogens is 235 g/mol. The summed E-state index contributed by atoms with van der Waals surface area (Å²) in [5.41, 5.74) is 1.07. The van der Waals surface area contributed by atoms with E-state index in [1.807, 2.05) is 0 Å². The Labute approximate surface area is 103 Å². The molecule has 0 fully saturated rings. The molecule has 0 spiro atoms. The minimum atomic E-state index is -1.02. The minimum Gasteiger partial charge on any atom is -0.479 e. The molecule has 5 heteroatoms. The van der Waals surface area contributed by atoms with E-state index in [1.165, 1.54) is 30.5 Å². The van der Waals surface area contributed by atoms with Crippen molar-refractivity contribution in [3.05, 3.63) is 60.2 Å². The lowest BCUT2D eigenvalue weighted by Gasteiger charge is -2.15. The minimum absolute atomic E-state index is 0.367. The molecule has 0 bridgehead atoms. The highest BCUT2D eigenvalue weighted by Gasteiger charge is 2.19. The van der Waals surface area contributed by atoms with Crippen LogP contribution >= 0.6 is 0 Å². The lowest BCUT2D eigenvalue weighted by atomic mass is 10.1. The van der Waals surface area contributed by atoms with Gasteiger partial charge in [0.2, 0.25) is 0 Å². The fourth-order valence-corrected chi connectivity index (χ4v) is 1.55. The Morgan fingerprint density at radius 1 is 1.28 bits per heavy atom. The van der Waals surface area contributed by atoms with Crippen molar-refractivity contribution >= 4 is 11.7 Å². The van der Waals surface area contributed by atoms with E-state index < -0.39 is 12.0 Å². The van der Waals surface area contributed by atoms with E-state index in [0.29, 0.717) is 11.3 Å². The predicted molar refractivity (Wildman–Crippen MR) is 64.6 cm³/mol. The second-order valence-corrected chi connectivity index (χ2v) is 3.71. The van der Waals surface area contributed by atoms with Crippen molar-refractivity contribution in [2.45, 2.75) is 6.04 Å². The number of benzene rings is 1. The number of nitrogens with one attached hydrogen (secondary N) is 1. The SMILES string of the molecule is O=C(O)C(Nc1ccc(F)cc1)c1cccnc1. The van der Waals surface area contributed by atoms with Crippen LogP contribution in [0.25, 0.3) is 0 Å². The molecule has 0 aliphatic rings. The van der Waals surface area contributed by atoms with Gasteiger partial charge in [-0.05, 0) is 30.3 Å². The van der Waals surface area contributed by atoms with Gasteiger partial charge in [-0.2, -0.15) is 0 Å². The van der Waals surface area contributed by atoms with E-state index in [2.05, 4.69) is 10.3 Å². The van der Waals surface area contributed by atoms with Gasteiger partial charge in [0.25, 0.3) is 0 Å². The van der Waals surface area contributed by atoms with Crippen LogP contribution in [0.2, 0.25) is 0 Å². The number of nitrogens with zero attached hydrogens (tertiary/aromatic N) is 1. The highest BCUT2D eigenvalue weighted by molar-refractivity contribution is 5.79. The normalized spacial score (nSPS) is 11.8. The third-order valence-electron chi connectivity index (χ3n) is 2.42. The zero-order chi connectivity index (χ0) is 13.0. The highest BCUT2D eigenvalue weighted by Crippen LogP contribution is 2.19.